The first kappa shape index (κ1) is 11.5. The van der Waals surface area contributed by atoms with Gasteiger partial charge in [0, 0.05) is 13.1 Å². The topological polar surface area (TPSA) is 63.9 Å². The van der Waals surface area contributed by atoms with Crippen molar-refractivity contribution in [1.29, 1.82) is 0 Å². The lowest BCUT2D eigenvalue weighted by atomic mass is 10.1. The van der Waals surface area contributed by atoms with Gasteiger partial charge in [0.15, 0.2) is 5.01 Å². The van der Waals surface area contributed by atoms with Gasteiger partial charge in [-0.25, -0.2) is 4.98 Å². The van der Waals surface area contributed by atoms with Gasteiger partial charge in [-0.2, -0.15) is 15.0 Å². The van der Waals surface area contributed by atoms with Crippen molar-refractivity contribution in [2.75, 3.05) is 13.1 Å². The highest BCUT2D eigenvalue weighted by Gasteiger charge is 2.34. The second kappa shape index (κ2) is 4.38. The molecule has 0 bridgehead atoms. The van der Waals surface area contributed by atoms with E-state index >= 15 is 0 Å². The van der Waals surface area contributed by atoms with Crippen molar-refractivity contribution in [3.63, 3.8) is 0 Å². The summed E-state index contributed by atoms with van der Waals surface area (Å²) < 4.78 is 1.04. The van der Waals surface area contributed by atoms with Gasteiger partial charge in [-0.3, -0.25) is 4.79 Å². The van der Waals surface area contributed by atoms with Gasteiger partial charge in [0.05, 0.1) is 22.6 Å². The molecular formula is C13H11N5OS. The van der Waals surface area contributed by atoms with Gasteiger partial charge < -0.3 is 4.90 Å². The van der Waals surface area contributed by atoms with Crippen LogP contribution < -0.4 is 0 Å². The zero-order valence-corrected chi connectivity index (χ0v) is 11.3. The molecule has 2 aromatic heterocycles. The average Bonchev–Trinajstić information content (AvgIpc) is 3.05. The lowest BCUT2D eigenvalue weighted by Gasteiger charge is -2.37. The second-order valence-corrected chi connectivity index (χ2v) is 5.73. The normalized spacial score (nSPS) is 15.5. The Hall–Kier alpha value is -2.28. The number of amides is 1. The smallest absolute Gasteiger partial charge is 0.283 e. The lowest BCUT2D eigenvalue weighted by molar-refractivity contribution is 0.0476. The highest BCUT2D eigenvalue weighted by Crippen LogP contribution is 2.26. The molecule has 6 nitrogen and oxygen atoms in total. The predicted molar refractivity (Wildman–Crippen MR) is 74.6 cm³/mol. The molecule has 4 rings (SSSR count). The fourth-order valence-corrected chi connectivity index (χ4v) is 3.21. The number of carbonyl (C=O) groups excluding carboxylic acids is 1. The number of aromatic nitrogens is 4. The number of nitrogens with zero attached hydrogens (tertiary/aromatic N) is 5. The predicted octanol–water partition coefficient (Wildman–Crippen LogP) is 1.58. The van der Waals surface area contributed by atoms with Crippen LogP contribution >= 0.6 is 11.3 Å². The number of para-hydroxylation sites is 1. The van der Waals surface area contributed by atoms with Gasteiger partial charge in [-0.05, 0) is 12.1 Å². The average molecular weight is 285 g/mol. The van der Waals surface area contributed by atoms with E-state index in [9.17, 15) is 4.79 Å². The summed E-state index contributed by atoms with van der Waals surface area (Å²) in [6.07, 6.45) is 3.30. The standard InChI is InChI=1S/C13H11N5OS/c19-13(12-16-10-3-1-2-4-11(10)20-12)17-7-9(8-17)18-14-5-6-15-18/h1-6,9H,7-8H2. The molecule has 1 fully saturated rings. The maximum Gasteiger partial charge on any atom is 0.283 e. The molecule has 0 saturated carbocycles. The van der Waals surface area contributed by atoms with E-state index in [0.717, 1.165) is 10.2 Å². The van der Waals surface area contributed by atoms with Crippen molar-refractivity contribution >= 4 is 27.5 Å². The van der Waals surface area contributed by atoms with E-state index in [1.54, 1.807) is 22.1 Å². The Morgan fingerprint density at radius 1 is 1.20 bits per heavy atom. The van der Waals surface area contributed by atoms with Crippen LogP contribution in [-0.2, 0) is 0 Å². The van der Waals surface area contributed by atoms with Crippen LogP contribution in [0.25, 0.3) is 10.2 Å². The maximum atomic E-state index is 12.3. The maximum absolute atomic E-state index is 12.3. The van der Waals surface area contributed by atoms with E-state index in [-0.39, 0.29) is 11.9 Å². The number of fused-ring (bicyclic) bond motifs is 1. The van der Waals surface area contributed by atoms with Crippen molar-refractivity contribution in [3.8, 4) is 0 Å². The molecule has 1 aliphatic rings. The molecule has 0 radical (unpaired) electrons. The van der Waals surface area contributed by atoms with Gasteiger partial charge in [0.1, 0.15) is 6.04 Å². The summed E-state index contributed by atoms with van der Waals surface area (Å²) in [7, 11) is 0. The number of benzene rings is 1. The monoisotopic (exact) mass is 285 g/mol. The number of hydrogen-bond donors (Lipinski definition) is 0. The van der Waals surface area contributed by atoms with Crippen LogP contribution in [-0.4, -0.2) is 43.9 Å². The number of likely N-dealkylation sites (tertiary alicyclic amines) is 1. The first-order chi connectivity index (χ1) is 9.81. The van der Waals surface area contributed by atoms with E-state index in [4.69, 9.17) is 0 Å². The molecule has 7 heteroatoms. The van der Waals surface area contributed by atoms with Gasteiger partial charge in [0.25, 0.3) is 5.91 Å². The Morgan fingerprint density at radius 2 is 1.95 bits per heavy atom. The fourth-order valence-electron chi connectivity index (χ4n) is 2.28. The van der Waals surface area contributed by atoms with E-state index in [0.29, 0.717) is 18.1 Å². The van der Waals surface area contributed by atoms with Crippen molar-refractivity contribution < 1.29 is 4.79 Å². The molecule has 100 valence electrons. The Kier molecular flexibility index (Phi) is 2.53. The third kappa shape index (κ3) is 1.78. The molecule has 0 unspecified atom stereocenters. The molecule has 1 aromatic carbocycles. The summed E-state index contributed by atoms with van der Waals surface area (Å²) in [5, 5.41) is 8.74. The van der Waals surface area contributed by atoms with Crippen LogP contribution in [0, 0.1) is 0 Å². The van der Waals surface area contributed by atoms with Crippen molar-refractivity contribution in [2.24, 2.45) is 0 Å². The highest BCUT2D eigenvalue weighted by atomic mass is 32.1. The first-order valence-corrected chi connectivity index (χ1v) is 7.13. The van der Waals surface area contributed by atoms with Crippen LogP contribution in [0.3, 0.4) is 0 Å². The zero-order chi connectivity index (χ0) is 13.5. The van der Waals surface area contributed by atoms with Crippen LogP contribution in [0.2, 0.25) is 0 Å². The van der Waals surface area contributed by atoms with Gasteiger partial charge in [-0.15, -0.1) is 11.3 Å². The molecule has 3 heterocycles. The number of carbonyl (C=O) groups is 1. The summed E-state index contributed by atoms with van der Waals surface area (Å²) in [5.41, 5.74) is 0.881. The third-order valence-electron chi connectivity index (χ3n) is 3.39. The molecule has 3 aromatic rings. The molecule has 0 spiro atoms. The molecule has 20 heavy (non-hydrogen) atoms. The summed E-state index contributed by atoms with van der Waals surface area (Å²) in [6.45, 7) is 1.28. The van der Waals surface area contributed by atoms with E-state index in [1.807, 2.05) is 24.3 Å². The molecule has 0 aliphatic carbocycles. The lowest BCUT2D eigenvalue weighted by Crippen LogP contribution is -2.51. The molecule has 1 aliphatic heterocycles. The van der Waals surface area contributed by atoms with Crippen LogP contribution in [0.1, 0.15) is 15.8 Å². The van der Waals surface area contributed by atoms with Crippen LogP contribution in [0.15, 0.2) is 36.7 Å². The van der Waals surface area contributed by atoms with Crippen LogP contribution in [0.4, 0.5) is 0 Å². The fraction of sp³-hybridized carbons (Fsp3) is 0.231. The van der Waals surface area contributed by atoms with Crippen LogP contribution in [0.5, 0.6) is 0 Å². The van der Waals surface area contributed by atoms with E-state index < -0.39 is 0 Å². The molecule has 0 atom stereocenters. The number of hydrogen-bond acceptors (Lipinski definition) is 5. The molecule has 1 saturated heterocycles. The Bertz CT molecular complexity index is 727. The molecule has 1 amide bonds. The number of thiazole rings is 1. The SMILES string of the molecule is O=C(c1nc2ccccc2s1)N1CC(n2nccn2)C1. The Morgan fingerprint density at radius 3 is 2.70 bits per heavy atom. The van der Waals surface area contributed by atoms with Crippen molar-refractivity contribution in [1.82, 2.24) is 24.9 Å². The highest BCUT2D eigenvalue weighted by molar-refractivity contribution is 7.20. The molecule has 0 N–H and O–H groups in total. The Labute approximate surface area is 118 Å². The number of rotatable bonds is 2. The van der Waals surface area contributed by atoms with Crippen molar-refractivity contribution in [3.05, 3.63) is 41.7 Å². The third-order valence-corrected chi connectivity index (χ3v) is 4.41. The second-order valence-electron chi connectivity index (χ2n) is 4.70. The zero-order valence-electron chi connectivity index (χ0n) is 10.5. The summed E-state index contributed by atoms with van der Waals surface area (Å²) in [4.78, 5) is 20.2. The Balaban J connectivity index is 1.51. The summed E-state index contributed by atoms with van der Waals surface area (Å²) >= 11 is 1.44. The summed E-state index contributed by atoms with van der Waals surface area (Å²) in [5.74, 6) is -0.00499. The van der Waals surface area contributed by atoms with Gasteiger partial charge in [-0.1, -0.05) is 12.1 Å². The quantitative estimate of drug-likeness (QED) is 0.717. The first-order valence-electron chi connectivity index (χ1n) is 6.32. The van der Waals surface area contributed by atoms with E-state index in [2.05, 4.69) is 15.2 Å². The van der Waals surface area contributed by atoms with E-state index in [1.165, 1.54) is 11.3 Å². The largest absolute Gasteiger partial charge is 0.332 e. The van der Waals surface area contributed by atoms with Crippen molar-refractivity contribution in [2.45, 2.75) is 6.04 Å². The minimum atomic E-state index is -0.00499. The molecular weight excluding hydrogens is 274 g/mol. The van der Waals surface area contributed by atoms with Gasteiger partial charge in [0.2, 0.25) is 0 Å². The minimum Gasteiger partial charge on any atom is -0.332 e. The summed E-state index contributed by atoms with van der Waals surface area (Å²) in [6, 6.07) is 7.98. The van der Waals surface area contributed by atoms with Gasteiger partial charge >= 0.3 is 0 Å². The minimum absolute atomic E-state index is 0.00499.